The fourth-order valence-electron chi connectivity index (χ4n) is 1.85. The van der Waals surface area contributed by atoms with Crippen LogP contribution in [0.1, 0.15) is 69.5 Å². The van der Waals surface area contributed by atoms with Gasteiger partial charge in [-0.15, -0.1) is 0 Å². The number of nitrogens with zero attached hydrogens (tertiary/aromatic N) is 4. The number of aromatic nitrogens is 4. The van der Waals surface area contributed by atoms with Crippen LogP contribution in [-0.4, -0.2) is 24.4 Å². The van der Waals surface area contributed by atoms with Gasteiger partial charge in [-0.3, -0.25) is 13.9 Å². The fraction of sp³-hybridized carbons (Fsp3) is 0.688. The highest BCUT2D eigenvalue weighted by Crippen LogP contribution is 2.17. The second-order valence-corrected chi connectivity index (χ2v) is 4.51. The summed E-state index contributed by atoms with van der Waals surface area (Å²) in [5.74, 6) is 0. The summed E-state index contributed by atoms with van der Waals surface area (Å²) in [6.45, 7) is -15.2. The molecule has 128 valence electrons. The summed E-state index contributed by atoms with van der Waals surface area (Å²) in [4.78, 5) is 30.4. The lowest BCUT2D eigenvalue weighted by Gasteiger charge is -2.14. The van der Waals surface area contributed by atoms with Crippen molar-refractivity contribution in [3.63, 3.8) is 0 Å². The molecule has 2 rings (SSSR count). The Morgan fingerprint density at radius 3 is 3.00 bits per heavy atom. The molecule has 0 aromatic carbocycles. The second kappa shape index (κ2) is 6.68. The van der Waals surface area contributed by atoms with Crippen molar-refractivity contribution < 1.29 is 27.7 Å². The van der Waals surface area contributed by atoms with Crippen molar-refractivity contribution in [3.05, 3.63) is 27.2 Å². The van der Waals surface area contributed by atoms with E-state index >= 15 is 4.39 Å². The minimum Gasteiger partial charge on any atom is -0.325 e. The van der Waals surface area contributed by atoms with Crippen LogP contribution in [0.15, 0.2) is 15.9 Å². The third kappa shape index (κ3) is 3.71. The van der Waals surface area contributed by atoms with Crippen LogP contribution >= 0.6 is 0 Å². The first-order valence-electron chi connectivity index (χ1n) is 14.9. The van der Waals surface area contributed by atoms with Crippen molar-refractivity contribution in [2.24, 2.45) is 6.98 Å². The van der Waals surface area contributed by atoms with Crippen molar-refractivity contribution >= 4 is 11.2 Å². The van der Waals surface area contributed by atoms with Gasteiger partial charge in [0, 0.05) is 40.6 Å². The van der Waals surface area contributed by atoms with Gasteiger partial charge in [0.05, 0.1) is 9.07 Å². The number of fused-ring (bicyclic) bond motifs is 1. The summed E-state index contributed by atoms with van der Waals surface area (Å²) in [6, 6.07) is 0. The summed E-state index contributed by atoms with van der Waals surface area (Å²) in [6.07, 6.45) is -13.1. The zero-order chi connectivity index (χ0) is 31.9. The van der Waals surface area contributed by atoms with E-state index in [4.69, 9.17) is 23.3 Å². The maximum atomic E-state index is 15.8. The Morgan fingerprint density at radius 2 is 2.35 bits per heavy atom. The number of rotatable bonds is 7. The fourth-order valence-corrected chi connectivity index (χ4v) is 1.85. The van der Waals surface area contributed by atoms with Crippen molar-refractivity contribution in [1.29, 1.82) is 0 Å². The molecule has 1 atom stereocenters. The predicted molar refractivity (Wildman–Crippen MR) is 88.6 cm³/mol. The maximum Gasteiger partial charge on any atom is 0.332 e. The van der Waals surface area contributed by atoms with Crippen LogP contribution < -0.4 is 11.2 Å². The molecule has 0 aliphatic rings. The van der Waals surface area contributed by atoms with E-state index in [9.17, 15) is 9.59 Å². The lowest BCUT2D eigenvalue weighted by atomic mass is 10.0. The van der Waals surface area contributed by atoms with E-state index in [1.165, 1.54) is 0 Å². The van der Waals surface area contributed by atoms with Crippen LogP contribution in [-0.2, 0) is 20.0 Å². The summed E-state index contributed by atoms with van der Waals surface area (Å²) in [5.41, 5.74) is -10.4. The van der Waals surface area contributed by atoms with E-state index < -0.39 is 78.9 Å². The third-order valence-electron chi connectivity index (χ3n) is 2.75. The van der Waals surface area contributed by atoms with Gasteiger partial charge in [-0.1, -0.05) is 6.92 Å². The summed E-state index contributed by atoms with van der Waals surface area (Å²) in [5, 5.41) is 0. The monoisotopic (exact) mass is 344 g/mol. The highest BCUT2D eigenvalue weighted by atomic mass is 19.1. The Balaban J connectivity index is 3.08. The van der Waals surface area contributed by atoms with E-state index in [2.05, 4.69) is 4.98 Å². The van der Waals surface area contributed by atoms with Crippen molar-refractivity contribution in [2.45, 2.75) is 64.9 Å². The number of hydrogen-bond acceptors (Lipinski definition) is 3. The molecular formula is C16H25FN4O2. The molecule has 0 saturated heterocycles. The third-order valence-corrected chi connectivity index (χ3v) is 2.75. The van der Waals surface area contributed by atoms with Gasteiger partial charge in [-0.25, -0.2) is 14.2 Å². The van der Waals surface area contributed by atoms with Crippen LogP contribution in [0.25, 0.3) is 11.2 Å². The largest absolute Gasteiger partial charge is 0.332 e. The molecule has 1 unspecified atom stereocenters. The molecule has 0 amide bonds. The minimum atomic E-state index is -5.15. The van der Waals surface area contributed by atoms with Crippen LogP contribution in [0.5, 0.6) is 0 Å². The zero-order valence-electron chi connectivity index (χ0n) is 29.0. The number of halogens is 1. The molecule has 0 N–H and O–H groups in total. The van der Waals surface area contributed by atoms with Crippen molar-refractivity contribution in [3.8, 4) is 0 Å². The van der Waals surface area contributed by atoms with Gasteiger partial charge >= 0.3 is 5.69 Å². The molecule has 0 radical (unpaired) electrons. The Bertz CT molecular complexity index is 1380. The van der Waals surface area contributed by atoms with E-state index in [1.807, 2.05) is 0 Å². The molecule has 2 aromatic rings. The maximum absolute atomic E-state index is 15.8. The molecular weight excluding hydrogens is 299 g/mol. The van der Waals surface area contributed by atoms with E-state index in [0.717, 1.165) is 10.9 Å². The molecule has 6 nitrogen and oxygen atoms in total. The number of hydrogen-bond donors (Lipinski definition) is 0. The number of imidazole rings is 1. The smallest absolute Gasteiger partial charge is 0.325 e. The van der Waals surface area contributed by atoms with Gasteiger partial charge in [0.2, 0.25) is 0 Å². The van der Waals surface area contributed by atoms with Gasteiger partial charge in [0.1, 0.15) is 5.67 Å². The van der Waals surface area contributed by atoms with Crippen LogP contribution in [0, 0.1) is 0 Å². The van der Waals surface area contributed by atoms with Crippen molar-refractivity contribution in [1.82, 2.24) is 18.7 Å². The van der Waals surface area contributed by atoms with E-state index in [1.54, 1.807) is 6.92 Å². The molecule has 7 heteroatoms. The lowest BCUT2D eigenvalue weighted by molar-refractivity contribution is 0.195. The molecule has 23 heavy (non-hydrogen) atoms. The van der Waals surface area contributed by atoms with Gasteiger partial charge in [0.15, 0.2) is 11.2 Å². The Labute approximate surface area is 158 Å². The first-order valence-corrected chi connectivity index (χ1v) is 6.43. The molecule has 0 saturated carbocycles. The molecule has 2 heterocycles. The standard InChI is InChI=1S/C16H25FN4O2/c1-5-9-20-11-18-13-12(20)14(22)21(15(23)19(13)4)10-7-6-8-16(2,3)17/h11H,5-10H2,1-4H3/i2D3,3T3,4D3,6D2,7D2,8D2,10D2. The van der Waals surface area contributed by atoms with Gasteiger partial charge in [-0.05, 0) is 39.2 Å². The average Bonchev–Trinajstić information content (AvgIpc) is 3.13. The molecule has 2 aromatic heterocycles. The average molecular weight is 345 g/mol. The first kappa shape index (κ1) is 5.57. The summed E-state index contributed by atoms with van der Waals surface area (Å²) >= 11 is 0. The van der Waals surface area contributed by atoms with Crippen LogP contribution in [0.4, 0.5) is 4.39 Å². The highest BCUT2D eigenvalue weighted by molar-refractivity contribution is 5.69. The minimum absolute atomic E-state index is 0.0360. The number of alkyl halides is 1. The summed E-state index contributed by atoms with van der Waals surface area (Å²) < 4.78 is 148. The lowest BCUT2D eigenvalue weighted by Crippen LogP contribution is -2.39. The predicted octanol–water partition coefficient (Wildman–Crippen LogP) is 2.23. The quantitative estimate of drug-likeness (QED) is 0.774. The number of aryl methyl sites for hydroxylation is 2. The Kier molecular flexibility index (Phi) is 1.62. The zero-order valence-corrected chi connectivity index (χ0v) is 12.0. The Morgan fingerprint density at radius 1 is 1.52 bits per heavy atom. The normalized spacial score (nSPS) is 29.4. The van der Waals surface area contributed by atoms with E-state index in [-0.39, 0.29) is 11.1 Å². The van der Waals surface area contributed by atoms with Gasteiger partial charge < -0.3 is 4.57 Å². The summed E-state index contributed by atoms with van der Waals surface area (Å²) in [7, 11) is 0. The highest BCUT2D eigenvalue weighted by Gasteiger charge is 2.17. The van der Waals surface area contributed by atoms with Crippen LogP contribution in [0.2, 0.25) is 0 Å². The molecule has 0 aliphatic carbocycles. The SMILES string of the molecule is [2H]C([2H])([2H])n1c(=O)n(C([2H])([2H])C([2H])([2H])C([2H])([2H])C([2H])([2H])C(F)(C([2H])([2H])[2H])C([3H])([3H])[3H])c(=O)c2c1ncn2CCC. The van der Waals surface area contributed by atoms with E-state index in [0.29, 0.717) is 6.42 Å². The van der Waals surface area contributed by atoms with Crippen molar-refractivity contribution in [2.75, 3.05) is 0 Å². The molecule has 0 spiro atoms. The molecule has 0 fully saturated rings. The van der Waals surface area contributed by atoms with Gasteiger partial charge in [-0.2, -0.15) is 0 Å². The first-order chi connectivity index (χ1) is 17.5. The molecule has 0 bridgehead atoms. The van der Waals surface area contributed by atoms with Crippen LogP contribution in [0.3, 0.4) is 0 Å². The molecule has 0 aliphatic heterocycles. The Hall–Kier alpha value is -1.92. The second-order valence-electron chi connectivity index (χ2n) is 4.51. The topological polar surface area (TPSA) is 61.8 Å². The van der Waals surface area contributed by atoms with Gasteiger partial charge in [0.25, 0.3) is 5.56 Å².